The van der Waals surface area contributed by atoms with Gasteiger partial charge in [-0.25, -0.2) is 22.9 Å². The third-order valence-electron chi connectivity index (χ3n) is 4.79. The Kier molecular flexibility index (Phi) is 10.3. The molecule has 1 aliphatic heterocycles. The van der Waals surface area contributed by atoms with Crippen LogP contribution in [0.15, 0.2) is 20.8 Å². The van der Waals surface area contributed by atoms with Gasteiger partial charge in [-0.05, 0) is 52.2 Å². The lowest BCUT2D eigenvalue weighted by Crippen LogP contribution is -2.34. The van der Waals surface area contributed by atoms with Gasteiger partial charge in [0, 0.05) is 38.2 Å². The molecule has 0 saturated carbocycles. The van der Waals surface area contributed by atoms with Gasteiger partial charge < -0.3 is 20.7 Å². The molecule has 0 bridgehead atoms. The predicted octanol–water partition coefficient (Wildman–Crippen LogP) is 3.37. The number of ether oxygens (including phenoxy) is 1. The van der Waals surface area contributed by atoms with Crippen LogP contribution in [0.3, 0.4) is 0 Å². The normalized spacial score (nSPS) is 13.9. The van der Waals surface area contributed by atoms with Crippen LogP contribution in [0.2, 0.25) is 0 Å². The molecule has 2 amide bonds. The predicted molar refractivity (Wildman–Crippen MR) is 139 cm³/mol. The third kappa shape index (κ3) is 8.93. The average molecular weight is 528 g/mol. The summed E-state index contributed by atoms with van der Waals surface area (Å²) < 4.78 is 33.4. The number of carbonyl (C=O) groups excluding carboxylic acids is 2. The number of amides is 2. The van der Waals surface area contributed by atoms with Crippen LogP contribution in [-0.4, -0.2) is 62.9 Å². The van der Waals surface area contributed by atoms with E-state index in [0.717, 1.165) is 24.2 Å². The molecule has 0 spiro atoms. The Hall–Kier alpha value is -2.44. The largest absolute Gasteiger partial charge is 0.444 e. The van der Waals surface area contributed by atoms with E-state index in [1.807, 2.05) is 13.8 Å². The minimum Gasteiger partial charge on any atom is -0.444 e. The first-order chi connectivity index (χ1) is 16.4. The standard InChI is InChI=1S/C23H37N5O5S2/c1-6-11-28(12-7-2)21(29)16-13-18-17(27-19(24)14-16)15-20(34-18)35(31,32)26-10-8-9-25-22(30)33-23(3,4)5/h13,15,26H,6-12,14H2,1-5H3,(H2,24,27)(H,25,30). The molecule has 35 heavy (non-hydrogen) atoms. The molecule has 1 aliphatic rings. The molecule has 12 heteroatoms. The molecule has 0 aliphatic carbocycles. The monoisotopic (exact) mass is 527 g/mol. The van der Waals surface area contributed by atoms with Crippen molar-refractivity contribution in [3.63, 3.8) is 0 Å². The highest BCUT2D eigenvalue weighted by molar-refractivity contribution is 7.91. The van der Waals surface area contributed by atoms with Crippen LogP contribution in [-0.2, 0) is 19.6 Å². The van der Waals surface area contributed by atoms with Crippen LogP contribution >= 0.6 is 11.3 Å². The number of amidine groups is 1. The molecule has 2 rings (SSSR count). The molecule has 0 atom stereocenters. The number of nitrogens with one attached hydrogen (secondary N) is 2. The summed E-state index contributed by atoms with van der Waals surface area (Å²) >= 11 is 1.04. The highest BCUT2D eigenvalue weighted by Crippen LogP contribution is 2.36. The van der Waals surface area contributed by atoms with Crippen molar-refractivity contribution in [3.05, 3.63) is 16.5 Å². The van der Waals surface area contributed by atoms with Gasteiger partial charge in [0.2, 0.25) is 15.9 Å². The van der Waals surface area contributed by atoms with Crippen molar-refractivity contribution in [3.8, 4) is 0 Å². The smallest absolute Gasteiger partial charge is 0.407 e. The summed E-state index contributed by atoms with van der Waals surface area (Å²) in [6.45, 7) is 11.0. The molecular formula is C23H37N5O5S2. The number of rotatable bonds is 11. The second kappa shape index (κ2) is 12.5. The van der Waals surface area contributed by atoms with Gasteiger partial charge >= 0.3 is 6.09 Å². The van der Waals surface area contributed by atoms with E-state index in [1.165, 1.54) is 6.07 Å². The van der Waals surface area contributed by atoms with Gasteiger partial charge in [0.05, 0.1) is 10.6 Å². The Labute approximate surface area is 212 Å². The molecular weight excluding hydrogens is 490 g/mol. The molecule has 0 radical (unpaired) electrons. The van der Waals surface area contributed by atoms with Crippen molar-refractivity contribution in [2.45, 2.75) is 70.1 Å². The van der Waals surface area contributed by atoms with Gasteiger partial charge in [-0.1, -0.05) is 13.8 Å². The lowest BCUT2D eigenvalue weighted by atomic mass is 10.1. The first-order valence-electron chi connectivity index (χ1n) is 11.8. The van der Waals surface area contributed by atoms with Gasteiger partial charge in [-0.2, -0.15) is 0 Å². The zero-order valence-electron chi connectivity index (χ0n) is 21.1. The first kappa shape index (κ1) is 28.8. The van der Waals surface area contributed by atoms with Gasteiger partial charge in [0.15, 0.2) is 0 Å². The van der Waals surface area contributed by atoms with Crippen LogP contribution in [0, 0.1) is 0 Å². The zero-order valence-corrected chi connectivity index (χ0v) is 22.8. The summed E-state index contributed by atoms with van der Waals surface area (Å²) in [5.41, 5.74) is 6.38. The average Bonchev–Trinajstić information content (AvgIpc) is 3.07. The Morgan fingerprint density at radius 3 is 2.46 bits per heavy atom. The van der Waals surface area contributed by atoms with E-state index >= 15 is 0 Å². The highest BCUT2D eigenvalue weighted by atomic mass is 32.2. The maximum atomic E-state index is 13.1. The van der Waals surface area contributed by atoms with Crippen LogP contribution in [0.4, 0.5) is 10.5 Å². The molecule has 0 fully saturated rings. The quantitative estimate of drug-likeness (QED) is 0.377. The summed E-state index contributed by atoms with van der Waals surface area (Å²) in [6, 6.07) is 1.47. The van der Waals surface area contributed by atoms with Gasteiger partial charge in [0.25, 0.3) is 0 Å². The Morgan fingerprint density at radius 1 is 1.20 bits per heavy atom. The summed E-state index contributed by atoms with van der Waals surface area (Å²) in [6.07, 6.45) is 3.44. The summed E-state index contributed by atoms with van der Waals surface area (Å²) in [5.74, 6) is 0.160. The molecule has 196 valence electrons. The van der Waals surface area contributed by atoms with Crippen molar-refractivity contribution >= 4 is 51.0 Å². The summed E-state index contributed by atoms with van der Waals surface area (Å²) in [5, 5.41) is 2.59. The molecule has 0 aromatic carbocycles. The Balaban J connectivity index is 2.08. The molecule has 10 nitrogen and oxygen atoms in total. The van der Waals surface area contributed by atoms with E-state index in [4.69, 9.17) is 10.5 Å². The number of aliphatic imine (C=N–C) groups is 1. The van der Waals surface area contributed by atoms with Crippen LogP contribution < -0.4 is 15.8 Å². The van der Waals surface area contributed by atoms with Crippen LogP contribution in [0.1, 0.15) is 65.2 Å². The number of fused-ring (bicyclic) bond motifs is 1. The summed E-state index contributed by atoms with van der Waals surface area (Å²) in [7, 11) is -3.79. The maximum Gasteiger partial charge on any atom is 0.407 e. The van der Waals surface area contributed by atoms with Crippen molar-refractivity contribution < 1.29 is 22.7 Å². The van der Waals surface area contributed by atoms with Gasteiger partial charge in [0.1, 0.15) is 15.6 Å². The Bertz CT molecular complexity index is 1060. The fraction of sp³-hybridized carbons (Fsp3) is 0.609. The molecule has 1 aromatic heterocycles. The number of sulfonamides is 1. The Morgan fingerprint density at radius 2 is 1.86 bits per heavy atom. The van der Waals surface area contributed by atoms with Gasteiger partial charge in [-0.15, -0.1) is 11.3 Å². The number of nitrogens with two attached hydrogens (primary N) is 1. The zero-order chi connectivity index (χ0) is 26.2. The van der Waals surface area contributed by atoms with Crippen molar-refractivity contribution in [1.82, 2.24) is 14.9 Å². The first-order valence-corrected chi connectivity index (χ1v) is 14.1. The number of thiophene rings is 1. The van der Waals surface area contributed by atoms with Gasteiger partial charge in [-0.3, -0.25) is 4.79 Å². The van der Waals surface area contributed by atoms with E-state index in [2.05, 4.69) is 15.0 Å². The van der Waals surface area contributed by atoms with E-state index in [1.54, 1.807) is 31.7 Å². The number of hydrogen-bond acceptors (Lipinski definition) is 8. The van der Waals surface area contributed by atoms with E-state index in [9.17, 15) is 18.0 Å². The van der Waals surface area contributed by atoms with E-state index < -0.39 is 21.7 Å². The molecule has 4 N–H and O–H groups in total. The van der Waals surface area contributed by atoms with Crippen LogP contribution in [0.25, 0.3) is 6.08 Å². The van der Waals surface area contributed by atoms with Crippen molar-refractivity contribution in [1.29, 1.82) is 0 Å². The number of hydrogen-bond donors (Lipinski definition) is 3. The summed E-state index contributed by atoms with van der Waals surface area (Å²) in [4.78, 5) is 31.5. The van der Waals surface area contributed by atoms with Crippen LogP contribution in [0.5, 0.6) is 0 Å². The fourth-order valence-electron chi connectivity index (χ4n) is 3.36. The highest BCUT2D eigenvalue weighted by Gasteiger charge is 2.25. The molecule has 0 unspecified atom stereocenters. The van der Waals surface area contributed by atoms with Crippen molar-refractivity contribution in [2.75, 3.05) is 26.2 Å². The van der Waals surface area contributed by atoms with E-state index in [-0.39, 0.29) is 35.5 Å². The van der Waals surface area contributed by atoms with E-state index in [0.29, 0.717) is 35.6 Å². The number of alkyl carbamates (subject to hydrolysis) is 1. The fourth-order valence-corrected chi connectivity index (χ4v) is 5.87. The lowest BCUT2D eigenvalue weighted by molar-refractivity contribution is -0.127. The molecule has 1 aromatic rings. The molecule has 0 saturated heterocycles. The topological polar surface area (TPSA) is 143 Å². The SMILES string of the molecule is CCCN(CCC)C(=O)C1=Cc2sc(S(=O)(=O)NCCCNC(=O)OC(C)(C)C)cc2N=C(N)C1. The maximum absolute atomic E-state index is 13.1. The second-order valence-electron chi connectivity index (χ2n) is 9.24. The second-order valence-corrected chi connectivity index (χ2v) is 12.3. The number of nitrogens with zero attached hydrogens (tertiary/aromatic N) is 2. The lowest BCUT2D eigenvalue weighted by Gasteiger charge is -2.22. The number of carbonyl (C=O) groups is 2. The molecule has 2 heterocycles. The minimum absolute atomic E-state index is 0.0862. The van der Waals surface area contributed by atoms with Crippen molar-refractivity contribution in [2.24, 2.45) is 10.7 Å². The third-order valence-corrected chi connectivity index (χ3v) is 7.79. The minimum atomic E-state index is -3.79.